The molecule has 3 rings (SSSR count). The van der Waals surface area contributed by atoms with E-state index in [1.807, 2.05) is 0 Å². The second kappa shape index (κ2) is 10.2. The topological polar surface area (TPSA) is 94.5 Å². The van der Waals surface area contributed by atoms with Crippen molar-refractivity contribution in [2.75, 3.05) is 24.9 Å². The molecule has 0 radical (unpaired) electrons. The highest BCUT2D eigenvalue weighted by Gasteiger charge is 2.26. The zero-order valence-corrected chi connectivity index (χ0v) is 20.4. The van der Waals surface area contributed by atoms with Gasteiger partial charge in [0.25, 0.3) is 0 Å². The van der Waals surface area contributed by atoms with Crippen molar-refractivity contribution in [2.24, 2.45) is 0 Å². The lowest BCUT2D eigenvalue weighted by atomic mass is 10.1. The summed E-state index contributed by atoms with van der Waals surface area (Å²) in [5.41, 5.74) is 1.10. The fourth-order valence-electron chi connectivity index (χ4n) is 2.84. The van der Waals surface area contributed by atoms with Crippen molar-refractivity contribution in [2.45, 2.75) is 13.5 Å². The van der Waals surface area contributed by atoms with Crippen molar-refractivity contribution < 1.29 is 23.5 Å². The summed E-state index contributed by atoms with van der Waals surface area (Å²) in [5, 5.41) is 10.7. The molecule has 0 aliphatic carbocycles. The van der Waals surface area contributed by atoms with Crippen LogP contribution in [-0.4, -0.2) is 41.1 Å². The first-order valence-electron chi connectivity index (χ1n) is 9.09. The first-order valence-corrected chi connectivity index (χ1v) is 11.1. The third-order valence-corrected chi connectivity index (χ3v) is 6.35. The average Bonchev–Trinajstić information content (AvgIpc) is 3.27. The summed E-state index contributed by atoms with van der Waals surface area (Å²) in [5.74, 6) is -1.12. The maximum absolute atomic E-state index is 13.9. The summed E-state index contributed by atoms with van der Waals surface area (Å²) in [4.78, 5) is 24.5. The molecule has 0 amide bonds. The molecule has 0 spiro atoms. The van der Waals surface area contributed by atoms with E-state index in [4.69, 9.17) is 21.7 Å². The number of rotatable bonds is 6. The highest BCUT2D eigenvalue weighted by atomic mass is 79.9. The molecule has 0 atom stereocenters. The van der Waals surface area contributed by atoms with Gasteiger partial charge in [-0.25, -0.2) is 14.0 Å². The maximum atomic E-state index is 13.9. The lowest BCUT2D eigenvalue weighted by molar-refractivity contribution is 0.0601. The minimum absolute atomic E-state index is 0.129. The Morgan fingerprint density at radius 1 is 1.22 bits per heavy atom. The Hall–Kier alpha value is -2.83. The minimum atomic E-state index is -0.616. The number of ether oxygens (including phenoxy) is 2. The summed E-state index contributed by atoms with van der Waals surface area (Å²) in [6.07, 6.45) is 1.68. The van der Waals surface area contributed by atoms with E-state index in [9.17, 15) is 14.0 Å². The number of thiophene rings is 1. The largest absolute Gasteiger partial charge is 0.465 e. The van der Waals surface area contributed by atoms with Crippen LogP contribution >= 0.6 is 39.5 Å². The van der Waals surface area contributed by atoms with E-state index in [2.05, 4.69) is 31.7 Å². The maximum Gasteiger partial charge on any atom is 0.348 e. The lowest BCUT2D eigenvalue weighted by Gasteiger charge is -2.09. The second-order valence-corrected chi connectivity index (χ2v) is 8.72. The van der Waals surface area contributed by atoms with Crippen LogP contribution < -0.4 is 10.6 Å². The molecule has 12 heteroatoms. The fourth-order valence-corrected chi connectivity index (χ4v) is 4.64. The van der Waals surface area contributed by atoms with Crippen LogP contribution in [-0.2, 0) is 16.0 Å². The lowest BCUT2D eigenvalue weighted by Crippen LogP contribution is -2.20. The number of aromatic nitrogens is 2. The first-order chi connectivity index (χ1) is 15.2. The van der Waals surface area contributed by atoms with Crippen LogP contribution in [0.25, 0.3) is 0 Å². The van der Waals surface area contributed by atoms with Crippen LogP contribution in [0.3, 0.4) is 0 Å². The molecule has 0 aliphatic heterocycles. The van der Waals surface area contributed by atoms with Crippen LogP contribution in [0, 0.1) is 12.7 Å². The average molecular weight is 541 g/mol. The van der Waals surface area contributed by atoms with Gasteiger partial charge in [-0.3, -0.25) is 4.68 Å². The molecule has 2 N–H and O–H groups in total. The quantitative estimate of drug-likeness (QED) is 0.346. The molecule has 2 heterocycles. The van der Waals surface area contributed by atoms with Gasteiger partial charge in [0.1, 0.15) is 15.7 Å². The van der Waals surface area contributed by atoms with Gasteiger partial charge in [-0.15, -0.1) is 11.3 Å². The van der Waals surface area contributed by atoms with Gasteiger partial charge in [0.15, 0.2) is 10.9 Å². The van der Waals surface area contributed by atoms with Crippen molar-refractivity contribution in [3.63, 3.8) is 0 Å². The van der Waals surface area contributed by atoms with Crippen LogP contribution in [0.15, 0.2) is 34.9 Å². The summed E-state index contributed by atoms with van der Waals surface area (Å²) >= 11 is 9.77. The number of carbonyl (C=O) groups excluding carboxylic acids is 2. The van der Waals surface area contributed by atoms with Gasteiger partial charge in [0.05, 0.1) is 30.8 Å². The van der Waals surface area contributed by atoms with Crippen molar-refractivity contribution in [3.05, 3.63) is 62.3 Å². The monoisotopic (exact) mass is 540 g/mol. The SMILES string of the molecule is COC(=O)c1sc(NC(=S)Nc2nn(Cc3ccccc3F)cc2Br)c(C(=O)OC)c1C. The van der Waals surface area contributed by atoms with Crippen molar-refractivity contribution in [1.82, 2.24) is 9.78 Å². The molecule has 0 fully saturated rings. The summed E-state index contributed by atoms with van der Waals surface area (Å²) < 4.78 is 25.7. The van der Waals surface area contributed by atoms with Crippen molar-refractivity contribution in [3.8, 4) is 0 Å². The minimum Gasteiger partial charge on any atom is -0.465 e. The third kappa shape index (κ3) is 5.14. The molecule has 32 heavy (non-hydrogen) atoms. The summed E-state index contributed by atoms with van der Waals surface area (Å²) in [6, 6.07) is 6.43. The Labute approximate surface area is 200 Å². The molecule has 0 aliphatic rings. The zero-order valence-electron chi connectivity index (χ0n) is 17.2. The Morgan fingerprint density at radius 3 is 2.56 bits per heavy atom. The van der Waals surface area contributed by atoms with Crippen LogP contribution in [0.5, 0.6) is 0 Å². The second-order valence-electron chi connectivity index (χ2n) is 6.44. The van der Waals surface area contributed by atoms with E-state index in [0.717, 1.165) is 11.3 Å². The van der Waals surface area contributed by atoms with E-state index in [1.165, 1.54) is 20.3 Å². The number of esters is 2. The molecular weight excluding hydrogens is 523 g/mol. The van der Waals surface area contributed by atoms with E-state index >= 15 is 0 Å². The molecule has 1 aromatic carbocycles. The molecule has 0 saturated heterocycles. The Balaban J connectivity index is 1.79. The van der Waals surface area contributed by atoms with Crippen LogP contribution in [0.4, 0.5) is 15.2 Å². The van der Waals surface area contributed by atoms with E-state index in [1.54, 1.807) is 36.0 Å². The highest BCUT2D eigenvalue weighted by molar-refractivity contribution is 9.10. The molecule has 2 aromatic heterocycles. The van der Waals surface area contributed by atoms with Gasteiger partial charge in [-0.1, -0.05) is 18.2 Å². The first kappa shape index (κ1) is 23.8. The number of nitrogens with one attached hydrogen (secondary N) is 2. The number of hydrogen-bond acceptors (Lipinski definition) is 7. The number of carbonyl (C=O) groups is 2. The van der Waals surface area contributed by atoms with Crippen LogP contribution in [0.1, 0.15) is 31.2 Å². The van der Waals surface area contributed by atoms with Crippen molar-refractivity contribution in [1.29, 1.82) is 0 Å². The zero-order chi connectivity index (χ0) is 23.4. The Kier molecular flexibility index (Phi) is 7.59. The Bertz CT molecular complexity index is 1190. The van der Waals surface area contributed by atoms with Gasteiger partial charge in [-0.2, -0.15) is 5.10 Å². The Morgan fingerprint density at radius 2 is 1.91 bits per heavy atom. The van der Waals surface area contributed by atoms with Gasteiger partial charge in [0.2, 0.25) is 0 Å². The summed E-state index contributed by atoms with van der Waals surface area (Å²) in [7, 11) is 2.50. The number of halogens is 2. The molecule has 0 saturated carbocycles. The smallest absolute Gasteiger partial charge is 0.348 e. The molecule has 3 aromatic rings. The standard InChI is InChI=1S/C20H18BrFN4O4S2/c1-10-14(18(27)29-2)17(32-15(10)19(28)30-3)24-20(31)23-16-12(21)9-26(25-16)8-11-6-4-5-7-13(11)22/h4-7,9H,8H2,1-3H3,(H2,23,24,25,31). The number of benzene rings is 1. The highest BCUT2D eigenvalue weighted by Crippen LogP contribution is 2.34. The van der Waals surface area contributed by atoms with Gasteiger partial charge in [0, 0.05) is 11.8 Å². The molecule has 8 nitrogen and oxygen atoms in total. The number of thiocarbonyl (C=S) groups is 1. The van der Waals surface area contributed by atoms with Gasteiger partial charge >= 0.3 is 11.9 Å². The van der Waals surface area contributed by atoms with E-state index in [0.29, 0.717) is 26.4 Å². The van der Waals surface area contributed by atoms with Gasteiger partial charge in [-0.05, 0) is 46.7 Å². The predicted molar refractivity (Wildman–Crippen MR) is 127 cm³/mol. The molecular formula is C20H18BrFN4O4S2. The van der Waals surface area contributed by atoms with E-state index < -0.39 is 11.9 Å². The van der Waals surface area contributed by atoms with Crippen molar-refractivity contribution >= 4 is 67.4 Å². The normalized spacial score (nSPS) is 10.5. The van der Waals surface area contributed by atoms with Gasteiger partial charge < -0.3 is 20.1 Å². The third-order valence-electron chi connectivity index (χ3n) is 4.37. The number of hydrogen-bond donors (Lipinski definition) is 2. The van der Waals surface area contributed by atoms with E-state index in [-0.39, 0.29) is 27.9 Å². The number of methoxy groups -OCH3 is 2. The summed E-state index contributed by atoms with van der Waals surface area (Å²) in [6.45, 7) is 1.85. The molecule has 0 bridgehead atoms. The molecule has 168 valence electrons. The fraction of sp³-hybridized carbons (Fsp3) is 0.200. The number of nitrogens with zero attached hydrogens (tertiary/aromatic N) is 2. The van der Waals surface area contributed by atoms with Crippen LogP contribution in [0.2, 0.25) is 0 Å². The molecule has 0 unspecified atom stereocenters. The number of anilines is 2. The predicted octanol–water partition coefficient (Wildman–Crippen LogP) is 4.59.